The van der Waals surface area contributed by atoms with Gasteiger partial charge >= 0.3 is 6.18 Å². The second kappa shape index (κ2) is 11.4. The summed E-state index contributed by atoms with van der Waals surface area (Å²) < 4.78 is 40.4. The fourth-order valence-corrected chi connectivity index (χ4v) is 4.37. The van der Waals surface area contributed by atoms with Gasteiger partial charge in [-0.25, -0.2) is 4.68 Å². The van der Waals surface area contributed by atoms with Crippen LogP contribution in [0.4, 0.5) is 13.2 Å². The number of nitrogens with one attached hydrogen (secondary N) is 1. The standard InChI is InChI=1S/C27H22Cl2F3N5O2/c1-15(16-6-10-18(11-7-16)27(30,31)32)34-26(38)24-20(14-23(33)36-39)25(17-8-12-19(28)13-9-17)37(35-24)22-5-3-2-4-21(22)29/h2-13,15,39H,14H2,1H3,(H2,33,36)(H,34,38)/t15-/m1/s1. The molecule has 0 radical (unpaired) electrons. The maximum absolute atomic E-state index is 13.5. The van der Waals surface area contributed by atoms with Crippen molar-refractivity contribution in [1.29, 1.82) is 0 Å². The monoisotopic (exact) mass is 575 g/mol. The lowest BCUT2D eigenvalue weighted by Crippen LogP contribution is -2.28. The first kappa shape index (κ1) is 28.0. The second-order valence-corrected chi connectivity index (χ2v) is 9.47. The Kier molecular flexibility index (Phi) is 8.17. The van der Waals surface area contributed by atoms with E-state index in [0.717, 1.165) is 12.1 Å². The molecule has 0 unspecified atom stereocenters. The van der Waals surface area contributed by atoms with Gasteiger partial charge < -0.3 is 16.3 Å². The van der Waals surface area contributed by atoms with Gasteiger partial charge in [-0.1, -0.05) is 64.8 Å². The molecule has 7 nitrogen and oxygen atoms in total. The van der Waals surface area contributed by atoms with Gasteiger partial charge in [-0.05, 0) is 48.9 Å². The largest absolute Gasteiger partial charge is 0.416 e. The van der Waals surface area contributed by atoms with Gasteiger partial charge in [0.15, 0.2) is 5.69 Å². The fraction of sp³-hybridized carbons (Fsp3) is 0.148. The van der Waals surface area contributed by atoms with Gasteiger partial charge in [-0.2, -0.15) is 18.3 Å². The molecule has 1 heterocycles. The zero-order valence-corrected chi connectivity index (χ0v) is 21.9. The Morgan fingerprint density at radius 3 is 2.31 bits per heavy atom. The zero-order valence-electron chi connectivity index (χ0n) is 20.4. The van der Waals surface area contributed by atoms with E-state index in [-0.39, 0.29) is 18.0 Å². The average Bonchev–Trinajstić information content (AvgIpc) is 3.27. The lowest BCUT2D eigenvalue weighted by atomic mass is 10.0. The Bertz CT molecular complexity index is 1520. The van der Waals surface area contributed by atoms with Crippen molar-refractivity contribution < 1.29 is 23.2 Å². The third kappa shape index (κ3) is 6.18. The number of hydrogen-bond acceptors (Lipinski definition) is 4. The number of rotatable bonds is 7. The summed E-state index contributed by atoms with van der Waals surface area (Å²) in [5.74, 6) is -0.794. The molecule has 0 spiro atoms. The SMILES string of the molecule is C[C@@H](NC(=O)c1nn(-c2ccccc2Cl)c(-c2ccc(Cl)cc2)c1CC(N)=NO)c1ccc(C(F)(F)F)cc1. The van der Waals surface area contributed by atoms with Crippen LogP contribution in [0.1, 0.15) is 40.1 Å². The molecule has 0 saturated carbocycles. The highest BCUT2D eigenvalue weighted by Gasteiger charge is 2.31. The van der Waals surface area contributed by atoms with Gasteiger partial charge in [-0.15, -0.1) is 0 Å². The van der Waals surface area contributed by atoms with Crippen molar-refractivity contribution in [2.75, 3.05) is 0 Å². The van der Waals surface area contributed by atoms with E-state index >= 15 is 0 Å². The van der Waals surface area contributed by atoms with Crippen LogP contribution in [-0.2, 0) is 12.6 Å². The Morgan fingerprint density at radius 2 is 1.72 bits per heavy atom. The van der Waals surface area contributed by atoms with E-state index in [2.05, 4.69) is 15.6 Å². The van der Waals surface area contributed by atoms with Crippen LogP contribution in [0, 0.1) is 0 Å². The molecule has 4 rings (SSSR count). The van der Waals surface area contributed by atoms with Gasteiger partial charge in [0.05, 0.1) is 28.0 Å². The normalized spacial score (nSPS) is 12.8. The summed E-state index contributed by atoms with van der Waals surface area (Å²) in [6, 6.07) is 17.5. The maximum atomic E-state index is 13.5. The first-order chi connectivity index (χ1) is 18.5. The first-order valence-electron chi connectivity index (χ1n) is 11.6. The number of amides is 1. The molecule has 202 valence electrons. The van der Waals surface area contributed by atoms with Crippen LogP contribution in [0.2, 0.25) is 10.0 Å². The molecule has 1 amide bonds. The van der Waals surface area contributed by atoms with Gasteiger partial charge in [0.2, 0.25) is 0 Å². The van der Waals surface area contributed by atoms with Crippen molar-refractivity contribution in [3.63, 3.8) is 0 Å². The number of nitrogens with zero attached hydrogens (tertiary/aromatic N) is 3. The summed E-state index contributed by atoms with van der Waals surface area (Å²) in [5, 5.41) is 20.5. The third-order valence-corrected chi connectivity index (χ3v) is 6.54. The maximum Gasteiger partial charge on any atom is 0.416 e. The van der Waals surface area contributed by atoms with Gasteiger partial charge in [0.1, 0.15) is 5.84 Å². The Morgan fingerprint density at radius 1 is 1.08 bits per heavy atom. The lowest BCUT2D eigenvalue weighted by Gasteiger charge is -2.15. The summed E-state index contributed by atoms with van der Waals surface area (Å²) in [7, 11) is 0. The van der Waals surface area contributed by atoms with Crippen LogP contribution >= 0.6 is 23.2 Å². The number of hydrogen-bond donors (Lipinski definition) is 3. The summed E-state index contributed by atoms with van der Waals surface area (Å²) in [6.07, 6.45) is -4.62. The predicted octanol–water partition coefficient (Wildman–Crippen LogP) is 6.64. The average molecular weight is 576 g/mol. The Labute approximate surface area is 231 Å². The quantitative estimate of drug-likeness (QED) is 0.0992. The summed E-state index contributed by atoms with van der Waals surface area (Å²) in [6.45, 7) is 1.63. The molecule has 0 aliphatic rings. The molecule has 1 aromatic heterocycles. The van der Waals surface area contributed by atoms with Gasteiger partial charge in [-0.3, -0.25) is 4.79 Å². The Balaban J connectivity index is 1.82. The van der Waals surface area contributed by atoms with E-state index in [9.17, 15) is 23.2 Å². The van der Waals surface area contributed by atoms with E-state index in [1.807, 2.05) is 0 Å². The number of para-hydroxylation sites is 1. The lowest BCUT2D eigenvalue weighted by molar-refractivity contribution is -0.137. The summed E-state index contributed by atoms with van der Waals surface area (Å²) >= 11 is 12.6. The van der Waals surface area contributed by atoms with Crippen LogP contribution in [0.5, 0.6) is 0 Å². The highest BCUT2D eigenvalue weighted by molar-refractivity contribution is 6.32. The van der Waals surface area contributed by atoms with Crippen LogP contribution in [-0.4, -0.2) is 26.7 Å². The van der Waals surface area contributed by atoms with Crippen molar-refractivity contribution in [3.8, 4) is 16.9 Å². The van der Waals surface area contributed by atoms with E-state index < -0.39 is 23.7 Å². The fourth-order valence-electron chi connectivity index (χ4n) is 4.03. The van der Waals surface area contributed by atoms with Crippen molar-refractivity contribution >= 4 is 34.9 Å². The Hall–Kier alpha value is -4.02. The number of aromatic nitrogens is 2. The minimum absolute atomic E-state index is 0.0368. The minimum Gasteiger partial charge on any atom is -0.409 e. The molecule has 4 aromatic rings. The highest BCUT2D eigenvalue weighted by atomic mass is 35.5. The van der Waals surface area contributed by atoms with E-state index in [1.54, 1.807) is 55.5 Å². The molecule has 4 N–H and O–H groups in total. The second-order valence-electron chi connectivity index (χ2n) is 8.63. The molecular weight excluding hydrogens is 554 g/mol. The van der Waals surface area contributed by atoms with E-state index in [4.69, 9.17) is 28.9 Å². The summed E-state index contributed by atoms with van der Waals surface area (Å²) in [4.78, 5) is 13.5. The highest BCUT2D eigenvalue weighted by Crippen LogP contribution is 2.34. The van der Waals surface area contributed by atoms with Crippen molar-refractivity contribution in [1.82, 2.24) is 15.1 Å². The molecule has 3 aromatic carbocycles. The number of carbonyl (C=O) groups is 1. The molecule has 0 fully saturated rings. The molecule has 12 heteroatoms. The van der Waals surface area contributed by atoms with Crippen LogP contribution in [0.25, 0.3) is 16.9 Å². The molecule has 0 aliphatic carbocycles. The number of amidine groups is 1. The molecular formula is C27H22Cl2F3N5O2. The van der Waals surface area contributed by atoms with Gasteiger partial charge in [0.25, 0.3) is 5.91 Å². The van der Waals surface area contributed by atoms with Crippen molar-refractivity contribution in [2.45, 2.75) is 25.6 Å². The molecule has 0 saturated heterocycles. The van der Waals surface area contributed by atoms with Crippen LogP contribution < -0.4 is 11.1 Å². The number of halogens is 5. The summed E-state index contributed by atoms with van der Waals surface area (Å²) in [5.41, 5.74) is 7.38. The molecule has 0 bridgehead atoms. The topological polar surface area (TPSA) is 106 Å². The minimum atomic E-state index is -4.47. The van der Waals surface area contributed by atoms with Crippen LogP contribution in [0.15, 0.2) is 78.0 Å². The number of alkyl halides is 3. The zero-order chi connectivity index (χ0) is 28.3. The molecule has 39 heavy (non-hydrogen) atoms. The molecule has 0 aliphatic heterocycles. The first-order valence-corrected chi connectivity index (χ1v) is 12.3. The predicted molar refractivity (Wildman–Crippen MR) is 143 cm³/mol. The molecule has 1 atom stereocenters. The van der Waals surface area contributed by atoms with E-state index in [1.165, 1.54) is 16.8 Å². The van der Waals surface area contributed by atoms with Gasteiger partial charge in [0, 0.05) is 22.6 Å². The third-order valence-electron chi connectivity index (χ3n) is 5.97. The van der Waals surface area contributed by atoms with Crippen molar-refractivity contribution in [3.05, 3.63) is 105 Å². The van der Waals surface area contributed by atoms with Crippen LogP contribution in [0.3, 0.4) is 0 Å². The number of carbonyl (C=O) groups excluding carboxylic acids is 1. The number of benzene rings is 3. The number of nitrogens with two attached hydrogens (primary N) is 1. The van der Waals surface area contributed by atoms with E-state index in [0.29, 0.717) is 38.1 Å². The number of oxime groups is 1. The van der Waals surface area contributed by atoms with Crippen molar-refractivity contribution in [2.24, 2.45) is 10.9 Å². The smallest absolute Gasteiger partial charge is 0.409 e.